The summed E-state index contributed by atoms with van der Waals surface area (Å²) in [5.74, 6) is 1.97. The van der Waals surface area contributed by atoms with Crippen LogP contribution in [0.1, 0.15) is 19.8 Å². The van der Waals surface area contributed by atoms with Gasteiger partial charge in [-0.2, -0.15) is 0 Å². The Kier molecular flexibility index (Phi) is 2.80. The van der Waals surface area contributed by atoms with Crippen molar-refractivity contribution >= 4 is 0 Å². The molecule has 2 heteroatoms. The predicted octanol–water partition coefficient (Wildman–Crippen LogP) is 1.41. The fraction of sp³-hybridized carbons (Fsp3) is 0.778. The van der Waals surface area contributed by atoms with E-state index in [1.165, 1.54) is 25.9 Å². The molecule has 0 bridgehead atoms. The number of rotatable bonds is 2. The summed E-state index contributed by atoms with van der Waals surface area (Å²) in [6.45, 7) is 8.59. The summed E-state index contributed by atoms with van der Waals surface area (Å²) in [7, 11) is 1.93. The minimum atomic E-state index is 0.899. The maximum absolute atomic E-state index is 3.94. The largest absolute Gasteiger partial charge is 0.375 e. The van der Waals surface area contributed by atoms with Gasteiger partial charge in [-0.1, -0.05) is 13.5 Å². The predicted molar refractivity (Wildman–Crippen MR) is 48.2 cm³/mol. The molecule has 0 aromatic rings. The van der Waals surface area contributed by atoms with E-state index in [0.717, 1.165) is 11.7 Å². The molecule has 0 amide bonds. The Labute approximate surface area is 69.3 Å². The molecule has 0 atom stereocenters. The van der Waals surface area contributed by atoms with E-state index in [4.69, 9.17) is 0 Å². The zero-order valence-corrected chi connectivity index (χ0v) is 7.56. The van der Waals surface area contributed by atoms with Crippen LogP contribution in [0.5, 0.6) is 0 Å². The lowest BCUT2D eigenvalue weighted by molar-refractivity contribution is 0.228. The SMILES string of the molecule is C=C(NC)N1CCC(C)CC1. The smallest absolute Gasteiger partial charge is 0.0936 e. The van der Waals surface area contributed by atoms with Gasteiger partial charge in [-0.05, 0) is 18.8 Å². The summed E-state index contributed by atoms with van der Waals surface area (Å²) in [5, 5.41) is 3.08. The molecule has 0 unspecified atom stereocenters. The number of likely N-dealkylation sites (tertiary alicyclic amines) is 1. The van der Waals surface area contributed by atoms with Crippen molar-refractivity contribution in [1.29, 1.82) is 0 Å². The van der Waals surface area contributed by atoms with E-state index in [9.17, 15) is 0 Å². The average Bonchev–Trinajstić information content (AvgIpc) is 2.05. The van der Waals surface area contributed by atoms with Gasteiger partial charge in [0.25, 0.3) is 0 Å². The molecule has 0 saturated carbocycles. The van der Waals surface area contributed by atoms with Crippen molar-refractivity contribution in [2.24, 2.45) is 5.92 Å². The Morgan fingerprint density at radius 3 is 2.45 bits per heavy atom. The normalized spacial score (nSPS) is 20.0. The first-order valence-corrected chi connectivity index (χ1v) is 4.35. The van der Waals surface area contributed by atoms with E-state index in [0.29, 0.717) is 0 Å². The lowest BCUT2D eigenvalue weighted by Gasteiger charge is -2.32. The summed E-state index contributed by atoms with van der Waals surface area (Å²) in [5.41, 5.74) is 0. The van der Waals surface area contributed by atoms with E-state index in [-0.39, 0.29) is 0 Å². The number of nitrogens with zero attached hydrogens (tertiary/aromatic N) is 1. The van der Waals surface area contributed by atoms with Crippen molar-refractivity contribution < 1.29 is 0 Å². The van der Waals surface area contributed by atoms with Gasteiger partial charge in [0.05, 0.1) is 5.82 Å². The Morgan fingerprint density at radius 2 is 2.00 bits per heavy atom. The highest BCUT2D eigenvalue weighted by atomic mass is 15.2. The fourth-order valence-corrected chi connectivity index (χ4v) is 1.44. The standard InChI is InChI=1S/C9H18N2/c1-8-4-6-11(7-5-8)9(2)10-3/h8,10H,2,4-7H2,1,3H3. The minimum Gasteiger partial charge on any atom is -0.375 e. The van der Waals surface area contributed by atoms with Crippen molar-refractivity contribution in [3.8, 4) is 0 Å². The summed E-state index contributed by atoms with van der Waals surface area (Å²) in [4.78, 5) is 2.32. The van der Waals surface area contributed by atoms with Crippen molar-refractivity contribution in [3.63, 3.8) is 0 Å². The van der Waals surface area contributed by atoms with Crippen LogP contribution in [0.15, 0.2) is 12.4 Å². The average molecular weight is 154 g/mol. The second-order valence-corrected chi connectivity index (χ2v) is 3.37. The number of hydrogen-bond donors (Lipinski definition) is 1. The second-order valence-electron chi connectivity index (χ2n) is 3.37. The van der Waals surface area contributed by atoms with Crippen molar-refractivity contribution in [2.45, 2.75) is 19.8 Å². The molecule has 0 radical (unpaired) electrons. The van der Waals surface area contributed by atoms with E-state index >= 15 is 0 Å². The number of hydrogen-bond acceptors (Lipinski definition) is 2. The first kappa shape index (κ1) is 8.44. The van der Waals surface area contributed by atoms with Crippen LogP contribution in [0.25, 0.3) is 0 Å². The van der Waals surface area contributed by atoms with Gasteiger partial charge in [0.1, 0.15) is 0 Å². The van der Waals surface area contributed by atoms with Gasteiger partial charge in [0.2, 0.25) is 0 Å². The highest BCUT2D eigenvalue weighted by molar-refractivity contribution is 4.91. The van der Waals surface area contributed by atoms with Gasteiger partial charge in [-0.3, -0.25) is 0 Å². The summed E-state index contributed by atoms with van der Waals surface area (Å²) >= 11 is 0. The Bertz CT molecular complexity index is 134. The van der Waals surface area contributed by atoms with E-state index < -0.39 is 0 Å². The van der Waals surface area contributed by atoms with Gasteiger partial charge in [0, 0.05) is 20.1 Å². The lowest BCUT2D eigenvalue weighted by atomic mass is 9.99. The van der Waals surface area contributed by atoms with Crippen LogP contribution >= 0.6 is 0 Å². The highest BCUT2D eigenvalue weighted by Gasteiger charge is 2.15. The van der Waals surface area contributed by atoms with Crippen LogP contribution in [0.3, 0.4) is 0 Å². The number of piperidine rings is 1. The first-order chi connectivity index (χ1) is 5.24. The molecule has 64 valence electrons. The van der Waals surface area contributed by atoms with Crippen molar-refractivity contribution in [2.75, 3.05) is 20.1 Å². The summed E-state index contributed by atoms with van der Waals surface area (Å²) in [6, 6.07) is 0. The first-order valence-electron chi connectivity index (χ1n) is 4.35. The molecule has 11 heavy (non-hydrogen) atoms. The lowest BCUT2D eigenvalue weighted by Crippen LogP contribution is -2.35. The highest BCUT2D eigenvalue weighted by Crippen LogP contribution is 2.17. The molecule has 1 N–H and O–H groups in total. The van der Waals surface area contributed by atoms with Crippen molar-refractivity contribution in [3.05, 3.63) is 12.4 Å². The van der Waals surface area contributed by atoms with E-state index in [1.54, 1.807) is 0 Å². The van der Waals surface area contributed by atoms with Gasteiger partial charge in [0.15, 0.2) is 0 Å². The molecule has 1 saturated heterocycles. The third kappa shape index (κ3) is 2.14. The van der Waals surface area contributed by atoms with E-state index in [2.05, 4.69) is 23.7 Å². The summed E-state index contributed by atoms with van der Waals surface area (Å²) < 4.78 is 0. The topological polar surface area (TPSA) is 15.3 Å². The zero-order valence-electron chi connectivity index (χ0n) is 7.56. The van der Waals surface area contributed by atoms with Crippen LogP contribution in [-0.2, 0) is 0 Å². The monoisotopic (exact) mass is 154 g/mol. The molecule has 1 heterocycles. The molecule has 2 nitrogen and oxygen atoms in total. The molecule has 1 fully saturated rings. The van der Waals surface area contributed by atoms with Crippen LogP contribution in [0.2, 0.25) is 0 Å². The molecule has 0 spiro atoms. The number of nitrogens with one attached hydrogen (secondary N) is 1. The zero-order chi connectivity index (χ0) is 8.27. The Hall–Kier alpha value is -0.660. The molecule has 1 aliphatic rings. The van der Waals surface area contributed by atoms with Crippen LogP contribution in [0, 0.1) is 5.92 Å². The summed E-state index contributed by atoms with van der Waals surface area (Å²) in [6.07, 6.45) is 2.61. The van der Waals surface area contributed by atoms with Gasteiger partial charge < -0.3 is 10.2 Å². The molecule has 1 rings (SSSR count). The van der Waals surface area contributed by atoms with Gasteiger partial charge in [-0.15, -0.1) is 0 Å². The maximum Gasteiger partial charge on any atom is 0.0936 e. The second kappa shape index (κ2) is 3.65. The molecule has 0 aromatic heterocycles. The molecule has 0 aromatic carbocycles. The molecule has 1 aliphatic heterocycles. The van der Waals surface area contributed by atoms with Gasteiger partial charge >= 0.3 is 0 Å². The minimum absolute atomic E-state index is 0.899. The fourth-order valence-electron chi connectivity index (χ4n) is 1.44. The van der Waals surface area contributed by atoms with Crippen LogP contribution in [-0.4, -0.2) is 25.0 Å². The molecule has 0 aliphatic carbocycles. The van der Waals surface area contributed by atoms with Crippen LogP contribution < -0.4 is 5.32 Å². The third-order valence-corrected chi connectivity index (χ3v) is 2.45. The Morgan fingerprint density at radius 1 is 1.45 bits per heavy atom. The maximum atomic E-state index is 3.94. The molecular weight excluding hydrogens is 136 g/mol. The van der Waals surface area contributed by atoms with E-state index in [1.807, 2.05) is 7.05 Å². The van der Waals surface area contributed by atoms with Crippen molar-refractivity contribution in [1.82, 2.24) is 10.2 Å². The third-order valence-electron chi connectivity index (χ3n) is 2.45. The quantitative estimate of drug-likeness (QED) is 0.647. The van der Waals surface area contributed by atoms with Crippen LogP contribution in [0.4, 0.5) is 0 Å². The molecular formula is C9H18N2. The Balaban J connectivity index is 2.33. The van der Waals surface area contributed by atoms with Gasteiger partial charge in [-0.25, -0.2) is 0 Å².